The lowest BCUT2D eigenvalue weighted by atomic mass is 10.0. The van der Waals surface area contributed by atoms with Crippen LogP contribution in [-0.2, 0) is 6.42 Å². The highest BCUT2D eigenvalue weighted by Crippen LogP contribution is 2.15. The largest absolute Gasteiger partial charge is 0.165 e. The number of aryl methyl sites for hydroxylation is 2. The molecule has 12 heavy (non-hydrogen) atoms. The molecule has 0 unspecified atom stereocenters. The van der Waals surface area contributed by atoms with Crippen molar-refractivity contribution in [2.24, 2.45) is 0 Å². The lowest BCUT2D eigenvalue weighted by Crippen LogP contribution is -1.97. The van der Waals surface area contributed by atoms with Crippen LogP contribution in [0.1, 0.15) is 16.7 Å². The first-order chi connectivity index (χ1) is 5.59. The Kier molecular flexibility index (Phi) is 3.53. The van der Waals surface area contributed by atoms with Crippen LogP contribution in [0, 0.1) is 13.8 Å². The fourth-order valence-electron chi connectivity index (χ4n) is 1.27. The molecule has 1 rings (SSSR count). The molecule has 0 aliphatic heterocycles. The van der Waals surface area contributed by atoms with Gasteiger partial charge in [0.1, 0.15) is 0 Å². The first-order valence-electron chi connectivity index (χ1n) is 4.02. The van der Waals surface area contributed by atoms with Crippen LogP contribution in [-0.4, -0.2) is 4.58 Å². The van der Waals surface area contributed by atoms with Crippen molar-refractivity contribution in [3.05, 3.63) is 34.9 Å². The Morgan fingerprint density at radius 1 is 1.25 bits per heavy atom. The van der Waals surface area contributed by atoms with Crippen LogP contribution >= 0.6 is 25.3 Å². The summed E-state index contributed by atoms with van der Waals surface area (Å²) in [5, 5.41) is 0. The summed E-state index contributed by atoms with van der Waals surface area (Å²) in [7, 11) is 0. The van der Waals surface area contributed by atoms with Gasteiger partial charge in [0.05, 0.1) is 0 Å². The standard InChI is InChI=1S/C10H14S2/c1-7-3-4-9(6-10(11)12)8(2)5-7/h3-5,10-12H,6H2,1-2H3. The average molecular weight is 198 g/mol. The van der Waals surface area contributed by atoms with Crippen LogP contribution in [0.3, 0.4) is 0 Å². The van der Waals surface area contributed by atoms with Gasteiger partial charge in [0.2, 0.25) is 0 Å². The van der Waals surface area contributed by atoms with Gasteiger partial charge in [0.25, 0.3) is 0 Å². The van der Waals surface area contributed by atoms with Crippen LogP contribution in [0.25, 0.3) is 0 Å². The Labute approximate surface area is 85.2 Å². The van der Waals surface area contributed by atoms with Gasteiger partial charge < -0.3 is 0 Å². The Bertz CT molecular complexity index is 267. The highest BCUT2D eigenvalue weighted by atomic mass is 32.2. The molecule has 2 heteroatoms. The van der Waals surface area contributed by atoms with E-state index in [4.69, 9.17) is 0 Å². The Morgan fingerprint density at radius 3 is 2.42 bits per heavy atom. The van der Waals surface area contributed by atoms with Crippen molar-refractivity contribution in [2.45, 2.75) is 24.9 Å². The summed E-state index contributed by atoms with van der Waals surface area (Å²) in [6.45, 7) is 4.24. The number of hydrogen-bond acceptors (Lipinski definition) is 2. The predicted octanol–water partition coefficient (Wildman–Crippen LogP) is 3.03. The van der Waals surface area contributed by atoms with E-state index in [9.17, 15) is 0 Å². The number of hydrogen-bond donors (Lipinski definition) is 2. The van der Waals surface area contributed by atoms with Gasteiger partial charge in [-0.3, -0.25) is 0 Å². The molecule has 0 aliphatic carbocycles. The third-order valence-electron chi connectivity index (χ3n) is 1.90. The van der Waals surface area contributed by atoms with Crippen molar-refractivity contribution in [3.63, 3.8) is 0 Å². The molecule has 0 N–H and O–H groups in total. The van der Waals surface area contributed by atoms with Gasteiger partial charge in [0.15, 0.2) is 0 Å². The maximum absolute atomic E-state index is 4.25. The van der Waals surface area contributed by atoms with Crippen molar-refractivity contribution in [2.75, 3.05) is 0 Å². The zero-order valence-electron chi connectivity index (χ0n) is 7.41. The SMILES string of the molecule is Cc1ccc(CC(S)S)c(C)c1. The molecule has 0 saturated heterocycles. The van der Waals surface area contributed by atoms with E-state index in [0.29, 0.717) is 0 Å². The van der Waals surface area contributed by atoms with Crippen LogP contribution in [0.5, 0.6) is 0 Å². The van der Waals surface area contributed by atoms with Gasteiger partial charge in [-0.25, -0.2) is 0 Å². The number of thiol groups is 2. The van der Waals surface area contributed by atoms with E-state index in [1.165, 1.54) is 16.7 Å². The highest BCUT2D eigenvalue weighted by molar-refractivity contribution is 7.99. The molecule has 0 atom stereocenters. The second kappa shape index (κ2) is 4.24. The molecule has 66 valence electrons. The van der Waals surface area contributed by atoms with Crippen molar-refractivity contribution >= 4 is 25.3 Å². The van der Waals surface area contributed by atoms with Crippen LogP contribution in [0.15, 0.2) is 18.2 Å². The minimum Gasteiger partial charge on any atom is -0.165 e. The van der Waals surface area contributed by atoms with Crippen molar-refractivity contribution < 1.29 is 0 Å². The zero-order chi connectivity index (χ0) is 9.14. The molecule has 0 radical (unpaired) electrons. The molecular weight excluding hydrogens is 184 g/mol. The summed E-state index contributed by atoms with van der Waals surface area (Å²) < 4.78 is 0.145. The maximum atomic E-state index is 4.25. The van der Waals surface area contributed by atoms with E-state index in [2.05, 4.69) is 57.3 Å². The summed E-state index contributed by atoms with van der Waals surface area (Å²) >= 11 is 8.49. The van der Waals surface area contributed by atoms with E-state index in [1.54, 1.807) is 0 Å². The van der Waals surface area contributed by atoms with Gasteiger partial charge in [-0.05, 0) is 31.4 Å². The minimum atomic E-state index is 0.145. The van der Waals surface area contributed by atoms with Gasteiger partial charge in [-0.15, -0.1) is 0 Å². The predicted molar refractivity (Wildman–Crippen MR) is 61.4 cm³/mol. The summed E-state index contributed by atoms with van der Waals surface area (Å²) in [6, 6.07) is 6.48. The highest BCUT2D eigenvalue weighted by Gasteiger charge is 2.01. The average Bonchev–Trinajstić information content (AvgIpc) is 1.94. The lowest BCUT2D eigenvalue weighted by molar-refractivity contribution is 1.09. The molecule has 1 aromatic carbocycles. The van der Waals surface area contributed by atoms with Crippen LogP contribution in [0.4, 0.5) is 0 Å². The molecule has 0 amide bonds. The lowest BCUT2D eigenvalue weighted by Gasteiger charge is -2.07. The second-order valence-electron chi connectivity index (χ2n) is 3.11. The topological polar surface area (TPSA) is 0 Å². The first kappa shape index (κ1) is 10.0. The Morgan fingerprint density at radius 2 is 1.92 bits per heavy atom. The van der Waals surface area contributed by atoms with E-state index in [-0.39, 0.29) is 4.58 Å². The molecule has 1 aromatic rings. The molecule has 0 aliphatic rings. The minimum absolute atomic E-state index is 0.145. The quantitative estimate of drug-likeness (QED) is 0.529. The Balaban J connectivity index is 2.86. The zero-order valence-corrected chi connectivity index (χ0v) is 9.20. The van der Waals surface area contributed by atoms with Crippen molar-refractivity contribution in [1.82, 2.24) is 0 Å². The van der Waals surface area contributed by atoms with Crippen LogP contribution < -0.4 is 0 Å². The summed E-state index contributed by atoms with van der Waals surface area (Å²) in [4.78, 5) is 0. The summed E-state index contributed by atoms with van der Waals surface area (Å²) in [5.41, 5.74) is 3.99. The smallest absolute Gasteiger partial charge is 0.0482 e. The molecule has 0 spiro atoms. The maximum Gasteiger partial charge on any atom is 0.0482 e. The van der Waals surface area contributed by atoms with E-state index in [0.717, 1.165) is 6.42 Å². The Hall–Kier alpha value is -0.0800. The monoisotopic (exact) mass is 198 g/mol. The second-order valence-corrected chi connectivity index (χ2v) is 4.77. The van der Waals surface area contributed by atoms with Crippen molar-refractivity contribution in [3.8, 4) is 0 Å². The fraction of sp³-hybridized carbons (Fsp3) is 0.400. The molecular formula is C10H14S2. The van der Waals surface area contributed by atoms with Gasteiger partial charge in [-0.2, -0.15) is 25.3 Å². The first-order valence-corrected chi connectivity index (χ1v) is 5.05. The summed E-state index contributed by atoms with van der Waals surface area (Å²) in [5.74, 6) is 0. The van der Waals surface area contributed by atoms with Crippen LogP contribution in [0.2, 0.25) is 0 Å². The number of rotatable bonds is 2. The van der Waals surface area contributed by atoms with Crippen molar-refractivity contribution in [1.29, 1.82) is 0 Å². The third-order valence-corrected chi connectivity index (χ3v) is 2.27. The molecule has 0 heterocycles. The molecule has 0 bridgehead atoms. The molecule has 0 saturated carbocycles. The van der Waals surface area contributed by atoms with Gasteiger partial charge in [0, 0.05) is 4.58 Å². The summed E-state index contributed by atoms with van der Waals surface area (Å²) in [6.07, 6.45) is 0.929. The molecule has 0 fully saturated rings. The normalized spacial score (nSPS) is 10.8. The number of benzene rings is 1. The van der Waals surface area contributed by atoms with Gasteiger partial charge in [-0.1, -0.05) is 23.8 Å². The fourth-order valence-corrected chi connectivity index (χ4v) is 1.66. The van der Waals surface area contributed by atoms with E-state index >= 15 is 0 Å². The van der Waals surface area contributed by atoms with Gasteiger partial charge >= 0.3 is 0 Å². The van der Waals surface area contributed by atoms with E-state index in [1.807, 2.05) is 0 Å². The molecule has 0 aromatic heterocycles. The molecule has 0 nitrogen and oxygen atoms in total. The third kappa shape index (κ3) is 2.76. The van der Waals surface area contributed by atoms with E-state index < -0.39 is 0 Å².